The average molecular weight is 542 g/mol. The zero-order valence-electron chi connectivity index (χ0n) is 21.8. The molecule has 0 saturated carbocycles. The Labute approximate surface area is 213 Å². The summed E-state index contributed by atoms with van der Waals surface area (Å²) >= 11 is 0. The van der Waals surface area contributed by atoms with Crippen LogP contribution in [0.5, 0.6) is 0 Å². The van der Waals surface area contributed by atoms with Gasteiger partial charge in [-0.15, -0.1) is 0 Å². The van der Waals surface area contributed by atoms with Crippen molar-refractivity contribution in [2.24, 2.45) is 0 Å². The first-order valence-electron chi connectivity index (χ1n) is 12.2. The summed E-state index contributed by atoms with van der Waals surface area (Å²) in [6, 6.07) is -0.769. The minimum absolute atomic E-state index is 0.0743. The van der Waals surface area contributed by atoms with Crippen LogP contribution in [0.25, 0.3) is 0 Å². The molecule has 1 unspecified atom stereocenters. The molecule has 0 aromatic heterocycles. The van der Waals surface area contributed by atoms with Crippen molar-refractivity contribution in [2.45, 2.75) is 57.4 Å². The summed E-state index contributed by atoms with van der Waals surface area (Å²) in [6.07, 6.45) is 4.42. The molecule has 3 amide bonds. The van der Waals surface area contributed by atoms with E-state index in [1.807, 2.05) is 0 Å². The SMILES string of the molecule is COCCOC(=O)NCCCC[C@H](NC(=O)OCCOC)C(=O)NCCCCCCCOP(C)(=O)O. The predicted octanol–water partition coefficient (Wildman–Crippen LogP) is 2.17. The Morgan fingerprint density at radius 2 is 1.31 bits per heavy atom. The number of nitrogens with one attached hydrogen (secondary N) is 3. The lowest BCUT2D eigenvalue weighted by molar-refractivity contribution is -0.123. The van der Waals surface area contributed by atoms with Crippen molar-refractivity contribution < 1.29 is 47.3 Å². The smallest absolute Gasteiger partial charge is 0.407 e. The molecule has 0 heterocycles. The number of ether oxygens (including phenoxy) is 4. The number of alkyl carbamates (subject to hydrolysis) is 2. The maximum Gasteiger partial charge on any atom is 0.407 e. The molecule has 0 radical (unpaired) electrons. The molecule has 0 saturated heterocycles. The van der Waals surface area contributed by atoms with Crippen molar-refractivity contribution in [3.63, 3.8) is 0 Å². The maximum atomic E-state index is 12.6. The van der Waals surface area contributed by atoms with Crippen LogP contribution in [0.3, 0.4) is 0 Å². The van der Waals surface area contributed by atoms with Gasteiger partial charge < -0.3 is 44.3 Å². The molecule has 0 aliphatic rings. The lowest BCUT2D eigenvalue weighted by Crippen LogP contribution is -2.47. The van der Waals surface area contributed by atoms with Crippen LogP contribution >= 0.6 is 7.60 Å². The molecular formula is C22H44N3O10P. The van der Waals surface area contributed by atoms with Crippen LogP contribution < -0.4 is 16.0 Å². The Balaban J connectivity index is 4.26. The van der Waals surface area contributed by atoms with Crippen LogP contribution in [0.2, 0.25) is 0 Å². The topological polar surface area (TPSA) is 171 Å². The maximum absolute atomic E-state index is 12.6. The normalized spacial score (nSPS) is 13.3. The van der Waals surface area contributed by atoms with E-state index >= 15 is 0 Å². The standard InChI is InChI=1S/C22H44N3O10P/c1-31-15-17-33-21(27)24-13-9-7-11-19(25-22(28)34-18-16-32-2)20(26)23-12-8-5-4-6-10-14-35-36(3,29)30/h19H,4-18H2,1-3H3,(H,23,26)(H,24,27)(H,25,28)(H,29,30)/t19-/m0/s1. The number of carbonyl (C=O) groups excluding carboxylic acids is 3. The van der Waals surface area contributed by atoms with Gasteiger partial charge in [-0.2, -0.15) is 0 Å². The minimum Gasteiger partial charge on any atom is -0.447 e. The van der Waals surface area contributed by atoms with Crippen molar-refractivity contribution in [3.05, 3.63) is 0 Å². The second-order valence-corrected chi connectivity index (χ2v) is 9.94. The highest BCUT2D eigenvalue weighted by molar-refractivity contribution is 7.51. The average Bonchev–Trinajstić information content (AvgIpc) is 2.81. The molecule has 13 nitrogen and oxygen atoms in total. The van der Waals surface area contributed by atoms with Crippen LogP contribution in [-0.2, 0) is 32.8 Å². The molecule has 0 aliphatic heterocycles. The molecule has 2 atom stereocenters. The van der Waals surface area contributed by atoms with Gasteiger partial charge in [-0.3, -0.25) is 9.36 Å². The van der Waals surface area contributed by atoms with Crippen LogP contribution in [0, 0.1) is 0 Å². The van der Waals surface area contributed by atoms with Gasteiger partial charge in [-0.1, -0.05) is 19.3 Å². The van der Waals surface area contributed by atoms with E-state index in [-0.39, 0.29) is 32.3 Å². The zero-order valence-corrected chi connectivity index (χ0v) is 22.6. The third kappa shape index (κ3) is 22.5. The highest BCUT2D eigenvalue weighted by atomic mass is 31.2. The molecular weight excluding hydrogens is 497 g/mol. The summed E-state index contributed by atoms with van der Waals surface area (Å²) < 4.78 is 35.4. The van der Waals surface area contributed by atoms with Gasteiger partial charge in [0.2, 0.25) is 5.91 Å². The van der Waals surface area contributed by atoms with Crippen molar-refractivity contribution in [3.8, 4) is 0 Å². The Kier molecular flexibility index (Phi) is 21.1. The summed E-state index contributed by atoms with van der Waals surface area (Å²) in [5, 5.41) is 8.04. The number of unbranched alkanes of at least 4 members (excludes halogenated alkanes) is 5. The highest BCUT2D eigenvalue weighted by Crippen LogP contribution is 2.36. The van der Waals surface area contributed by atoms with Crippen LogP contribution in [0.1, 0.15) is 51.4 Å². The lowest BCUT2D eigenvalue weighted by atomic mass is 10.1. The first-order chi connectivity index (χ1) is 17.2. The van der Waals surface area contributed by atoms with Gasteiger partial charge in [0.1, 0.15) is 19.3 Å². The molecule has 0 aliphatic carbocycles. The number of rotatable bonds is 22. The summed E-state index contributed by atoms with van der Waals surface area (Å²) in [5.41, 5.74) is 0. The van der Waals surface area contributed by atoms with Crippen molar-refractivity contribution in [1.82, 2.24) is 16.0 Å². The highest BCUT2D eigenvalue weighted by Gasteiger charge is 2.21. The Bertz CT molecular complexity index is 648. The summed E-state index contributed by atoms with van der Waals surface area (Å²) in [6.45, 7) is 3.05. The molecule has 36 heavy (non-hydrogen) atoms. The fraction of sp³-hybridized carbons (Fsp3) is 0.864. The number of amides is 3. The first kappa shape index (κ1) is 34.1. The van der Waals surface area contributed by atoms with E-state index in [0.717, 1.165) is 32.3 Å². The van der Waals surface area contributed by atoms with Gasteiger partial charge in [-0.05, 0) is 32.1 Å². The van der Waals surface area contributed by atoms with Crippen LogP contribution in [0.4, 0.5) is 9.59 Å². The van der Waals surface area contributed by atoms with Gasteiger partial charge in [0.25, 0.3) is 0 Å². The quantitative estimate of drug-likeness (QED) is 0.118. The fourth-order valence-corrected chi connectivity index (χ4v) is 3.40. The molecule has 0 rings (SSSR count). The second kappa shape index (κ2) is 22.3. The van der Waals surface area contributed by atoms with Crippen LogP contribution in [-0.4, -0.2) is 96.0 Å². The third-order valence-electron chi connectivity index (χ3n) is 4.79. The van der Waals surface area contributed by atoms with E-state index in [2.05, 4.69) is 16.0 Å². The molecule has 0 fully saturated rings. The number of hydrogen-bond acceptors (Lipinski definition) is 9. The van der Waals surface area contributed by atoms with Crippen molar-refractivity contribution >= 4 is 25.7 Å². The molecule has 212 valence electrons. The third-order valence-corrected chi connectivity index (χ3v) is 5.45. The predicted molar refractivity (Wildman–Crippen MR) is 133 cm³/mol. The summed E-state index contributed by atoms with van der Waals surface area (Å²) in [7, 11) is -0.409. The van der Waals surface area contributed by atoms with Gasteiger partial charge >= 0.3 is 19.8 Å². The Hall–Kier alpha value is -1.92. The van der Waals surface area contributed by atoms with Gasteiger partial charge in [0.05, 0.1) is 19.8 Å². The minimum atomic E-state index is -3.41. The molecule has 0 bridgehead atoms. The summed E-state index contributed by atoms with van der Waals surface area (Å²) in [5.74, 6) is -0.305. The van der Waals surface area contributed by atoms with Crippen molar-refractivity contribution in [1.29, 1.82) is 0 Å². The van der Waals surface area contributed by atoms with E-state index in [1.165, 1.54) is 14.2 Å². The van der Waals surface area contributed by atoms with E-state index in [4.69, 9.17) is 28.4 Å². The molecule has 4 N–H and O–H groups in total. The molecule has 14 heteroatoms. The number of methoxy groups -OCH3 is 2. The van der Waals surface area contributed by atoms with E-state index in [1.54, 1.807) is 0 Å². The molecule has 0 aromatic carbocycles. The largest absolute Gasteiger partial charge is 0.447 e. The Morgan fingerprint density at radius 3 is 1.94 bits per heavy atom. The van der Waals surface area contributed by atoms with Gasteiger partial charge in [-0.25, -0.2) is 9.59 Å². The second-order valence-electron chi connectivity index (χ2n) is 8.07. The van der Waals surface area contributed by atoms with E-state index in [9.17, 15) is 18.9 Å². The lowest BCUT2D eigenvalue weighted by Gasteiger charge is -2.18. The fourth-order valence-electron chi connectivity index (χ4n) is 2.93. The first-order valence-corrected chi connectivity index (χ1v) is 14.3. The Morgan fingerprint density at radius 1 is 0.750 bits per heavy atom. The van der Waals surface area contributed by atoms with Crippen molar-refractivity contribution in [2.75, 3.05) is 67.0 Å². The van der Waals surface area contributed by atoms with Crippen LogP contribution in [0.15, 0.2) is 0 Å². The molecule has 0 aromatic rings. The van der Waals surface area contributed by atoms with Gasteiger partial charge in [0, 0.05) is 34.0 Å². The monoisotopic (exact) mass is 541 g/mol. The van der Waals surface area contributed by atoms with Gasteiger partial charge in [0.15, 0.2) is 0 Å². The van der Waals surface area contributed by atoms with E-state index < -0.39 is 25.8 Å². The zero-order chi connectivity index (χ0) is 27.1. The molecule has 0 spiro atoms. The van der Waals surface area contributed by atoms with E-state index in [0.29, 0.717) is 45.4 Å². The summed E-state index contributed by atoms with van der Waals surface area (Å²) in [4.78, 5) is 45.2. The number of carbonyl (C=O) groups is 3. The number of hydrogen-bond donors (Lipinski definition) is 4.